The summed E-state index contributed by atoms with van der Waals surface area (Å²) in [6, 6.07) is 6.49. The van der Waals surface area contributed by atoms with E-state index in [1.807, 2.05) is 0 Å². The van der Waals surface area contributed by atoms with Crippen LogP contribution in [0.4, 0.5) is 30.4 Å². The summed E-state index contributed by atoms with van der Waals surface area (Å²) in [7, 11) is 0. The number of benzene rings is 1. The van der Waals surface area contributed by atoms with Crippen LogP contribution < -0.4 is 5.32 Å². The predicted octanol–water partition coefficient (Wildman–Crippen LogP) is 4.41. The van der Waals surface area contributed by atoms with E-state index in [0.717, 1.165) is 24.3 Å². The van der Waals surface area contributed by atoms with Gasteiger partial charge in [0.1, 0.15) is 11.0 Å². The maximum Gasteiger partial charge on any atom is 0.416 e. The van der Waals surface area contributed by atoms with Gasteiger partial charge in [0.2, 0.25) is 0 Å². The van der Waals surface area contributed by atoms with Gasteiger partial charge in [-0.05, 0) is 18.2 Å². The third-order valence-corrected chi connectivity index (χ3v) is 2.65. The maximum atomic E-state index is 12.6. The minimum absolute atomic E-state index is 0.0199. The lowest BCUT2D eigenvalue weighted by atomic mass is 10.2. The monoisotopic (exact) mass is 317 g/mol. The van der Waals surface area contributed by atoms with Gasteiger partial charge in [0, 0.05) is 5.69 Å². The summed E-state index contributed by atoms with van der Waals surface area (Å²) in [6.45, 7) is 0. The van der Waals surface area contributed by atoms with Crippen molar-refractivity contribution in [1.29, 1.82) is 0 Å². The lowest BCUT2D eigenvalue weighted by molar-refractivity contribution is -0.384. The number of nitro groups is 1. The lowest BCUT2D eigenvalue weighted by Gasteiger charge is -2.10. The van der Waals surface area contributed by atoms with Crippen molar-refractivity contribution in [1.82, 2.24) is 4.98 Å². The molecule has 5 nitrogen and oxygen atoms in total. The molecule has 2 aromatic rings. The third kappa shape index (κ3) is 3.82. The highest BCUT2D eigenvalue weighted by molar-refractivity contribution is 6.29. The molecule has 0 saturated heterocycles. The second-order valence-corrected chi connectivity index (χ2v) is 4.38. The largest absolute Gasteiger partial charge is 0.416 e. The Hall–Kier alpha value is -2.35. The number of alkyl halides is 3. The first-order valence-corrected chi connectivity index (χ1v) is 5.90. The Kier molecular flexibility index (Phi) is 3.99. The van der Waals surface area contributed by atoms with Crippen LogP contribution >= 0.6 is 11.6 Å². The molecule has 2 rings (SSSR count). The molecule has 0 fully saturated rings. The van der Waals surface area contributed by atoms with E-state index in [9.17, 15) is 23.3 Å². The quantitative estimate of drug-likeness (QED) is 0.517. The first-order chi connectivity index (χ1) is 9.75. The molecule has 0 aliphatic carbocycles. The van der Waals surface area contributed by atoms with Gasteiger partial charge in [-0.15, -0.1) is 0 Å². The van der Waals surface area contributed by atoms with Gasteiger partial charge >= 0.3 is 6.18 Å². The van der Waals surface area contributed by atoms with Crippen LogP contribution in [0.15, 0.2) is 36.4 Å². The van der Waals surface area contributed by atoms with Gasteiger partial charge in [-0.25, -0.2) is 4.98 Å². The van der Waals surface area contributed by atoms with Gasteiger partial charge < -0.3 is 5.32 Å². The number of pyridine rings is 1. The van der Waals surface area contributed by atoms with Crippen molar-refractivity contribution < 1.29 is 18.1 Å². The van der Waals surface area contributed by atoms with Crippen LogP contribution in [0.1, 0.15) is 5.56 Å². The van der Waals surface area contributed by atoms with Crippen molar-refractivity contribution in [2.24, 2.45) is 0 Å². The molecule has 0 amide bonds. The molecule has 1 aromatic heterocycles. The zero-order valence-electron chi connectivity index (χ0n) is 10.2. The Labute approximate surface area is 121 Å². The maximum absolute atomic E-state index is 12.6. The first kappa shape index (κ1) is 15.0. The molecule has 0 aliphatic heterocycles. The van der Waals surface area contributed by atoms with E-state index < -0.39 is 16.7 Å². The van der Waals surface area contributed by atoms with E-state index in [2.05, 4.69) is 10.3 Å². The molecule has 0 aliphatic rings. The van der Waals surface area contributed by atoms with Crippen LogP contribution in [0, 0.1) is 10.1 Å². The molecular formula is C12H7ClF3N3O2. The summed E-state index contributed by atoms with van der Waals surface area (Å²) in [5.41, 5.74) is -1.07. The summed E-state index contributed by atoms with van der Waals surface area (Å²) < 4.78 is 37.8. The van der Waals surface area contributed by atoms with Gasteiger partial charge in [-0.2, -0.15) is 13.2 Å². The number of nitrogens with one attached hydrogen (secondary N) is 1. The summed E-state index contributed by atoms with van der Waals surface area (Å²) >= 11 is 5.63. The van der Waals surface area contributed by atoms with Gasteiger partial charge in [0.15, 0.2) is 0 Å². The summed E-state index contributed by atoms with van der Waals surface area (Å²) in [5.74, 6) is -0.0199. The minimum atomic E-state index is -4.48. The second kappa shape index (κ2) is 5.57. The fourth-order valence-electron chi connectivity index (χ4n) is 1.57. The molecule has 0 saturated carbocycles. The topological polar surface area (TPSA) is 68.1 Å². The molecule has 0 spiro atoms. The fraction of sp³-hybridized carbons (Fsp3) is 0.0833. The molecule has 9 heteroatoms. The van der Waals surface area contributed by atoms with Crippen LogP contribution in [-0.4, -0.2) is 9.91 Å². The molecule has 1 N–H and O–H groups in total. The lowest BCUT2D eigenvalue weighted by Crippen LogP contribution is -2.05. The fourth-order valence-corrected chi connectivity index (χ4v) is 1.78. The minimum Gasteiger partial charge on any atom is -0.340 e. The highest BCUT2D eigenvalue weighted by Gasteiger charge is 2.30. The van der Waals surface area contributed by atoms with Crippen LogP contribution in [0.2, 0.25) is 5.15 Å². The zero-order chi connectivity index (χ0) is 15.6. The Balaban J connectivity index is 2.32. The Morgan fingerprint density at radius 2 is 1.95 bits per heavy atom. The van der Waals surface area contributed by atoms with Crippen molar-refractivity contribution in [2.45, 2.75) is 6.18 Å². The van der Waals surface area contributed by atoms with Crippen LogP contribution in [0.3, 0.4) is 0 Å². The molecular weight excluding hydrogens is 311 g/mol. The van der Waals surface area contributed by atoms with Gasteiger partial charge in [-0.3, -0.25) is 10.1 Å². The Morgan fingerprint density at radius 1 is 1.24 bits per heavy atom. The van der Waals surface area contributed by atoms with E-state index in [0.29, 0.717) is 0 Å². The number of hydrogen-bond acceptors (Lipinski definition) is 4. The van der Waals surface area contributed by atoms with E-state index in [1.165, 1.54) is 12.1 Å². The van der Waals surface area contributed by atoms with E-state index in [4.69, 9.17) is 11.6 Å². The van der Waals surface area contributed by atoms with Crippen molar-refractivity contribution in [3.63, 3.8) is 0 Å². The number of anilines is 2. The second-order valence-electron chi connectivity index (χ2n) is 3.99. The van der Waals surface area contributed by atoms with Crippen molar-refractivity contribution in [3.8, 4) is 0 Å². The number of aromatic nitrogens is 1. The highest BCUT2D eigenvalue weighted by Crippen LogP contribution is 2.31. The highest BCUT2D eigenvalue weighted by atomic mass is 35.5. The average molecular weight is 318 g/mol. The molecule has 1 heterocycles. The predicted molar refractivity (Wildman–Crippen MR) is 70.6 cm³/mol. The smallest absolute Gasteiger partial charge is 0.340 e. The van der Waals surface area contributed by atoms with Crippen molar-refractivity contribution in [3.05, 3.63) is 57.2 Å². The van der Waals surface area contributed by atoms with E-state index in [1.54, 1.807) is 0 Å². The Morgan fingerprint density at radius 3 is 2.57 bits per heavy atom. The normalized spacial score (nSPS) is 11.2. The van der Waals surface area contributed by atoms with Crippen molar-refractivity contribution in [2.75, 3.05) is 5.32 Å². The standard InChI is InChI=1S/C12H7ClF3N3O2/c13-10-5-9(19(20)21)6-11(18-10)17-8-3-1-2-7(4-8)12(14,15)16/h1-6H,(H,17,18). The summed E-state index contributed by atoms with van der Waals surface area (Å²) in [5, 5.41) is 13.1. The summed E-state index contributed by atoms with van der Waals surface area (Å²) in [4.78, 5) is 13.8. The molecule has 0 unspecified atom stereocenters. The van der Waals surface area contributed by atoms with Gasteiger partial charge in [0.05, 0.1) is 22.6 Å². The van der Waals surface area contributed by atoms with Gasteiger partial charge in [-0.1, -0.05) is 17.7 Å². The molecule has 110 valence electrons. The molecule has 0 bridgehead atoms. The Bertz CT molecular complexity index is 692. The van der Waals surface area contributed by atoms with Crippen LogP contribution in [0.25, 0.3) is 0 Å². The first-order valence-electron chi connectivity index (χ1n) is 5.52. The molecule has 21 heavy (non-hydrogen) atoms. The molecule has 0 radical (unpaired) electrons. The zero-order valence-corrected chi connectivity index (χ0v) is 10.9. The number of hydrogen-bond donors (Lipinski definition) is 1. The number of rotatable bonds is 3. The third-order valence-electron chi connectivity index (χ3n) is 2.45. The molecule has 1 aromatic carbocycles. The summed E-state index contributed by atoms with van der Waals surface area (Å²) in [6.07, 6.45) is -4.48. The van der Waals surface area contributed by atoms with Crippen LogP contribution in [0.5, 0.6) is 0 Å². The average Bonchev–Trinajstić information content (AvgIpc) is 2.37. The molecule has 0 atom stereocenters. The van der Waals surface area contributed by atoms with Crippen LogP contribution in [-0.2, 0) is 6.18 Å². The van der Waals surface area contributed by atoms with E-state index >= 15 is 0 Å². The SMILES string of the molecule is O=[N+]([O-])c1cc(Cl)nc(Nc2cccc(C(F)(F)F)c2)c1. The van der Waals surface area contributed by atoms with Gasteiger partial charge in [0.25, 0.3) is 5.69 Å². The van der Waals surface area contributed by atoms with E-state index in [-0.39, 0.29) is 22.3 Å². The number of nitrogens with zero attached hydrogens (tertiary/aromatic N) is 2. The van der Waals surface area contributed by atoms with Crippen molar-refractivity contribution >= 4 is 28.8 Å². The number of halogens is 4.